The molecule has 0 saturated heterocycles. The van der Waals surface area contributed by atoms with Crippen LogP contribution in [0.4, 0.5) is 0 Å². The minimum atomic E-state index is -4.60. The topological polar surface area (TPSA) is 149 Å². The lowest BCUT2D eigenvalue weighted by Gasteiger charge is -2.20. The number of rotatable bonds is 31. The molecule has 262 valence electrons. The number of carbonyl (C=O) groups is 2. The van der Waals surface area contributed by atoms with Crippen molar-refractivity contribution in [2.75, 3.05) is 26.4 Å². The van der Waals surface area contributed by atoms with E-state index in [-0.39, 0.29) is 19.4 Å². The second kappa shape index (κ2) is 30.8. The standard InChI is InChI=1S/C34H61O10P/c1-3-5-7-9-11-12-13-14-15-16-17-18-20-22-24-26-34(38)44-32(30-43-45(39,40)42-28-31(36)27-35)29-41-33(37)25-23-21-19-10-8-6-4-2/h5,7,11-12,14-15,31-32,35-36H,3-4,6,8-10,13,16-30H2,1-2H3,(H,39,40)/b7-5-,12-11-,15-14-. The summed E-state index contributed by atoms with van der Waals surface area (Å²) in [4.78, 5) is 34.5. The summed E-state index contributed by atoms with van der Waals surface area (Å²) in [5.41, 5.74) is 0. The first kappa shape index (κ1) is 43.2. The van der Waals surface area contributed by atoms with Gasteiger partial charge in [-0.3, -0.25) is 18.6 Å². The second-order valence-electron chi connectivity index (χ2n) is 11.2. The fourth-order valence-corrected chi connectivity index (χ4v) is 4.97. The third-order valence-corrected chi connectivity index (χ3v) is 7.76. The van der Waals surface area contributed by atoms with Crippen molar-refractivity contribution < 1.29 is 47.8 Å². The number of carbonyl (C=O) groups excluding carboxylic acids is 2. The number of allylic oxidation sites excluding steroid dienone is 6. The molecule has 0 aliphatic heterocycles. The van der Waals surface area contributed by atoms with Crippen molar-refractivity contribution in [1.29, 1.82) is 0 Å². The summed E-state index contributed by atoms with van der Waals surface area (Å²) in [6.07, 6.45) is 27.1. The lowest BCUT2D eigenvalue weighted by atomic mass is 10.1. The molecule has 0 fully saturated rings. The van der Waals surface area contributed by atoms with Crippen molar-refractivity contribution in [3.63, 3.8) is 0 Å². The molecule has 0 bridgehead atoms. The predicted molar refractivity (Wildman–Crippen MR) is 178 cm³/mol. The molecule has 0 rings (SSSR count). The van der Waals surface area contributed by atoms with Gasteiger partial charge < -0.3 is 24.6 Å². The van der Waals surface area contributed by atoms with E-state index < -0.39 is 51.8 Å². The highest BCUT2D eigenvalue weighted by Gasteiger charge is 2.27. The smallest absolute Gasteiger partial charge is 0.462 e. The molecule has 45 heavy (non-hydrogen) atoms. The lowest BCUT2D eigenvalue weighted by Crippen LogP contribution is -2.29. The number of ether oxygens (including phenoxy) is 2. The molecule has 10 nitrogen and oxygen atoms in total. The van der Waals surface area contributed by atoms with Crippen LogP contribution in [0.15, 0.2) is 36.5 Å². The number of phosphoric ester groups is 1. The van der Waals surface area contributed by atoms with E-state index in [1.165, 1.54) is 19.3 Å². The monoisotopic (exact) mass is 660 g/mol. The Morgan fingerprint density at radius 1 is 0.689 bits per heavy atom. The number of esters is 2. The van der Waals surface area contributed by atoms with Gasteiger partial charge in [-0.15, -0.1) is 0 Å². The quantitative estimate of drug-likeness (QED) is 0.0293. The van der Waals surface area contributed by atoms with Crippen molar-refractivity contribution in [3.8, 4) is 0 Å². The molecule has 0 aliphatic carbocycles. The van der Waals surface area contributed by atoms with Crippen LogP contribution in [0.2, 0.25) is 0 Å². The predicted octanol–water partition coefficient (Wildman–Crippen LogP) is 7.66. The van der Waals surface area contributed by atoms with Gasteiger partial charge >= 0.3 is 19.8 Å². The van der Waals surface area contributed by atoms with E-state index in [1.54, 1.807) is 0 Å². The molecule has 11 heteroatoms. The van der Waals surface area contributed by atoms with Crippen LogP contribution >= 0.6 is 7.82 Å². The Kier molecular flexibility index (Phi) is 29.6. The molecule has 0 radical (unpaired) electrons. The molecule has 0 spiro atoms. The SMILES string of the molecule is CC/C=C\C/C=C\C/C=C\CCCCCCCC(=O)OC(COC(=O)CCCCCCCCC)COP(=O)(O)OCC(O)CO. The van der Waals surface area contributed by atoms with Crippen molar-refractivity contribution in [3.05, 3.63) is 36.5 Å². The Bertz CT molecular complexity index is 858. The van der Waals surface area contributed by atoms with E-state index in [0.29, 0.717) is 12.8 Å². The Labute approximate surface area is 271 Å². The van der Waals surface area contributed by atoms with Crippen LogP contribution in [0.1, 0.15) is 129 Å². The van der Waals surface area contributed by atoms with E-state index in [0.717, 1.165) is 70.6 Å². The minimum Gasteiger partial charge on any atom is -0.462 e. The maximum atomic E-state index is 12.5. The van der Waals surface area contributed by atoms with E-state index >= 15 is 0 Å². The zero-order chi connectivity index (χ0) is 33.4. The van der Waals surface area contributed by atoms with Gasteiger partial charge in [-0.25, -0.2) is 4.57 Å². The minimum absolute atomic E-state index is 0.165. The van der Waals surface area contributed by atoms with Crippen LogP contribution in [0.5, 0.6) is 0 Å². The summed E-state index contributed by atoms with van der Waals surface area (Å²) in [7, 11) is -4.60. The van der Waals surface area contributed by atoms with Crippen LogP contribution in [-0.4, -0.2) is 65.7 Å². The molecule has 0 aliphatic rings. The van der Waals surface area contributed by atoms with Crippen LogP contribution in [0, 0.1) is 0 Å². The van der Waals surface area contributed by atoms with Crippen LogP contribution in [-0.2, 0) is 32.7 Å². The fourth-order valence-electron chi connectivity index (χ4n) is 4.18. The number of hydrogen-bond donors (Lipinski definition) is 3. The van der Waals surface area contributed by atoms with Crippen LogP contribution < -0.4 is 0 Å². The van der Waals surface area contributed by atoms with E-state index in [9.17, 15) is 24.2 Å². The molecule has 0 amide bonds. The molecule has 3 atom stereocenters. The number of unbranched alkanes of at least 4 members (excludes halogenated alkanes) is 11. The Balaban J connectivity index is 4.43. The fraction of sp³-hybridized carbons (Fsp3) is 0.765. The van der Waals surface area contributed by atoms with E-state index in [2.05, 4.69) is 54.8 Å². The summed E-state index contributed by atoms with van der Waals surface area (Å²) in [6, 6.07) is 0. The third-order valence-electron chi connectivity index (χ3n) is 6.81. The third kappa shape index (κ3) is 30.6. The van der Waals surface area contributed by atoms with Gasteiger partial charge in [0.15, 0.2) is 6.10 Å². The van der Waals surface area contributed by atoms with Gasteiger partial charge in [-0.1, -0.05) is 108 Å². The molecule has 3 unspecified atom stereocenters. The van der Waals surface area contributed by atoms with Gasteiger partial charge in [0.2, 0.25) is 0 Å². The van der Waals surface area contributed by atoms with E-state index in [4.69, 9.17) is 19.1 Å². The van der Waals surface area contributed by atoms with Crippen molar-refractivity contribution >= 4 is 19.8 Å². The zero-order valence-corrected chi connectivity index (χ0v) is 28.7. The second-order valence-corrected chi connectivity index (χ2v) is 12.6. The highest BCUT2D eigenvalue weighted by Crippen LogP contribution is 2.43. The molecule has 0 aromatic rings. The van der Waals surface area contributed by atoms with E-state index in [1.807, 2.05) is 0 Å². The van der Waals surface area contributed by atoms with Gasteiger partial charge in [0.25, 0.3) is 0 Å². The summed E-state index contributed by atoms with van der Waals surface area (Å²) in [6.45, 7) is 2.16. The maximum absolute atomic E-state index is 12.5. The Morgan fingerprint density at radius 2 is 1.22 bits per heavy atom. The van der Waals surface area contributed by atoms with Crippen molar-refractivity contribution in [2.45, 2.75) is 142 Å². The molecule has 0 saturated carbocycles. The molecule has 0 aromatic heterocycles. The average molecular weight is 661 g/mol. The van der Waals surface area contributed by atoms with Crippen LogP contribution in [0.3, 0.4) is 0 Å². The number of hydrogen-bond acceptors (Lipinski definition) is 9. The average Bonchev–Trinajstić information content (AvgIpc) is 3.02. The molecule has 0 heterocycles. The largest absolute Gasteiger partial charge is 0.472 e. The Morgan fingerprint density at radius 3 is 1.84 bits per heavy atom. The first-order valence-electron chi connectivity index (χ1n) is 16.9. The molecular weight excluding hydrogens is 599 g/mol. The van der Waals surface area contributed by atoms with Gasteiger partial charge in [0, 0.05) is 12.8 Å². The first-order valence-corrected chi connectivity index (χ1v) is 18.4. The maximum Gasteiger partial charge on any atom is 0.472 e. The molecule has 3 N–H and O–H groups in total. The van der Waals surface area contributed by atoms with Gasteiger partial charge in [0.1, 0.15) is 12.7 Å². The number of aliphatic hydroxyl groups is 2. The Hall–Kier alpha value is -1.81. The number of phosphoric acid groups is 1. The summed E-state index contributed by atoms with van der Waals surface area (Å²) < 4.78 is 32.4. The lowest BCUT2D eigenvalue weighted by molar-refractivity contribution is -0.161. The van der Waals surface area contributed by atoms with Gasteiger partial charge in [-0.05, 0) is 44.9 Å². The van der Waals surface area contributed by atoms with Gasteiger partial charge in [-0.2, -0.15) is 0 Å². The summed E-state index contributed by atoms with van der Waals surface area (Å²) in [5, 5.41) is 18.2. The molecule has 0 aromatic carbocycles. The first-order chi connectivity index (χ1) is 21.7. The normalized spacial score (nSPS) is 14.7. The van der Waals surface area contributed by atoms with Crippen molar-refractivity contribution in [2.24, 2.45) is 0 Å². The zero-order valence-electron chi connectivity index (χ0n) is 27.8. The highest BCUT2D eigenvalue weighted by molar-refractivity contribution is 7.47. The number of aliphatic hydroxyl groups excluding tert-OH is 2. The molecular formula is C34H61O10P. The highest BCUT2D eigenvalue weighted by atomic mass is 31.2. The van der Waals surface area contributed by atoms with Crippen LogP contribution in [0.25, 0.3) is 0 Å². The van der Waals surface area contributed by atoms with Gasteiger partial charge in [0.05, 0.1) is 19.8 Å². The summed E-state index contributed by atoms with van der Waals surface area (Å²) >= 11 is 0. The van der Waals surface area contributed by atoms with Crippen molar-refractivity contribution in [1.82, 2.24) is 0 Å². The summed E-state index contributed by atoms with van der Waals surface area (Å²) in [5.74, 6) is -0.956.